The number of esters is 3. The maximum absolute atomic E-state index is 12.9. The molecule has 3 unspecified atom stereocenters. The molecule has 0 aromatic rings. The second-order valence-corrected chi connectivity index (χ2v) is 20.9. The van der Waals surface area contributed by atoms with Crippen molar-refractivity contribution < 1.29 is 52.2 Å². The molecule has 0 heterocycles. The Morgan fingerprint density at radius 2 is 0.711 bits per heavy atom. The van der Waals surface area contributed by atoms with E-state index in [-0.39, 0.29) is 25.9 Å². The van der Waals surface area contributed by atoms with Gasteiger partial charge in [-0.05, 0) is 116 Å². The Morgan fingerprint density at radius 1 is 0.382 bits per heavy atom. The molecule has 0 aliphatic carbocycles. The van der Waals surface area contributed by atoms with Crippen LogP contribution in [0.1, 0.15) is 239 Å². The summed E-state index contributed by atoms with van der Waals surface area (Å²) in [6.07, 6.45) is 69.1. The van der Waals surface area contributed by atoms with Crippen LogP contribution in [0.4, 0.5) is 0 Å². The third kappa shape index (κ3) is 54.9. The van der Waals surface area contributed by atoms with Crippen molar-refractivity contribution in [2.45, 2.75) is 251 Å². The monoisotopic (exact) mass is 1080 g/mol. The molecule has 434 valence electrons. The standard InChI is InChI=1S/C64H107O11P/c1-4-7-10-13-16-19-22-25-27-29-30-32-34-37-40-43-46-49-52-55-64(68)75-61(57-71-62(66)53-50-47-44-41-38-35-24-21-18-15-12-9-6-3)59-73-76(69,70)72-58-60(56-65)74-63(67)54-51-48-45-42-39-36-33-31-28-26-23-20-17-14-11-8-5-2/h7,10,16-17,19-21,24-28,30,32,37,40,46,49,60-61,65H,4-6,8-9,11-15,18,22-23,29,31,33-36,38-39,41-45,47-48,50-59H2,1-3H3,(H,69,70)/b10-7-,19-16-,20-17-,24-21-,27-25-,28-26-,32-30-,40-37-,49-46-. The van der Waals surface area contributed by atoms with Crippen LogP contribution in [-0.4, -0.2) is 66.5 Å². The summed E-state index contributed by atoms with van der Waals surface area (Å²) in [5.74, 6) is -1.59. The molecule has 0 rings (SSSR count). The van der Waals surface area contributed by atoms with E-state index in [0.29, 0.717) is 25.7 Å². The Kier molecular flexibility index (Phi) is 54.4. The molecular formula is C64H107O11P. The molecule has 0 saturated carbocycles. The molecule has 0 fully saturated rings. The van der Waals surface area contributed by atoms with Crippen LogP contribution in [0.15, 0.2) is 109 Å². The smallest absolute Gasteiger partial charge is 0.462 e. The second-order valence-electron chi connectivity index (χ2n) is 19.4. The number of ether oxygens (including phenoxy) is 3. The average Bonchev–Trinajstić information content (AvgIpc) is 3.41. The zero-order chi connectivity index (χ0) is 55.5. The number of unbranched alkanes of at least 4 members (excludes halogenated alkanes) is 19. The SMILES string of the molecule is CC/C=C\C/C=C\C/C=C\C/C=C\C/C=C\C/C=C\CCC(=O)OC(COC(=O)CCCCCCC/C=C\CCCCCC)COP(=O)(O)OCC(CO)OC(=O)CCCCCCCCC/C=C\C/C=C\CCCCC. The van der Waals surface area contributed by atoms with E-state index >= 15 is 0 Å². The van der Waals surface area contributed by atoms with E-state index in [2.05, 4.69) is 118 Å². The van der Waals surface area contributed by atoms with E-state index < -0.39 is 57.8 Å². The van der Waals surface area contributed by atoms with Crippen LogP contribution >= 0.6 is 7.82 Å². The van der Waals surface area contributed by atoms with Gasteiger partial charge in [-0.15, -0.1) is 0 Å². The first-order chi connectivity index (χ1) is 37.2. The predicted octanol–water partition coefficient (Wildman–Crippen LogP) is 17.8. The van der Waals surface area contributed by atoms with Gasteiger partial charge in [-0.1, -0.05) is 214 Å². The Morgan fingerprint density at radius 3 is 1.17 bits per heavy atom. The minimum absolute atomic E-state index is 0.0358. The molecule has 0 bridgehead atoms. The number of allylic oxidation sites excluding steroid dienone is 18. The predicted molar refractivity (Wildman–Crippen MR) is 316 cm³/mol. The number of carbonyl (C=O) groups is 3. The largest absolute Gasteiger partial charge is 0.472 e. The summed E-state index contributed by atoms with van der Waals surface area (Å²) in [5.41, 5.74) is 0. The van der Waals surface area contributed by atoms with Gasteiger partial charge in [0.15, 0.2) is 6.10 Å². The van der Waals surface area contributed by atoms with Gasteiger partial charge in [0.25, 0.3) is 0 Å². The van der Waals surface area contributed by atoms with Crippen LogP contribution < -0.4 is 0 Å². The van der Waals surface area contributed by atoms with Gasteiger partial charge in [0.1, 0.15) is 12.7 Å². The maximum Gasteiger partial charge on any atom is 0.472 e. The summed E-state index contributed by atoms with van der Waals surface area (Å²) in [6, 6.07) is 0. The Labute approximate surface area is 463 Å². The fraction of sp³-hybridized carbons (Fsp3) is 0.672. The van der Waals surface area contributed by atoms with Gasteiger partial charge >= 0.3 is 25.7 Å². The number of phosphoric acid groups is 1. The number of phosphoric ester groups is 1. The van der Waals surface area contributed by atoms with E-state index in [1.807, 2.05) is 12.2 Å². The summed E-state index contributed by atoms with van der Waals surface area (Å²) in [4.78, 5) is 48.5. The van der Waals surface area contributed by atoms with Crippen LogP contribution in [0.2, 0.25) is 0 Å². The fourth-order valence-electron chi connectivity index (χ4n) is 7.64. The van der Waals surface area contributed by atoms with Crippen molar-refractivity contribution >= 4 is 25.7 Å². The number of aliphatic hydroxyl groups excluding tert-OH is 1. The molecule has 12 heteroatoms. The molecule has 0 saturated heterocycles. The molecule has 0 spiro atoms. The number of aliphatic hydroxyl groups is 1. The zero-order valence-corrected chi connectivity index (χ0v) is 48.8. The normalized spacial score (nSPS) is 14.1. The van der Waals surface area contributed by atoms with Crippen molar-refractivity contribution in [3.05, 3.63) is 109 Å². The molecule has 3 atom stereocenters. The van der Waals surface area contributed by atoms with Crippen LogP contribution in [-0.2, 0) is 42.2 Å². The highest BCUT2D eigenvalue weighted by Crippen LogP contribution is 2.43. The highest BCUT2D eigenvalue weighted by atomic mass is 31.2. The maximum atomic E-state index is 12.9. The van der Waals surface area contributed by atoms with E-state index in [1.165, 1.54) is 64.2 Å². The lowest BCUT2D eigenvalue weighted by Gasteiger charge is -2.21. The van der Waals surface area contributed by atoms with Gasteiger partial charge in [0, 0.05) is 19.3 Å². The molecule has 11 nitrogen and oxygen atoms in total. The first-order valence-electron chi connectivity index (χ1n) is 29.8. The van der Waals surface area contributed by atoms with Crippen LogP contribution in [0.25, 0.3) is 0 Å². The van der Waals surface area contributed by atoms with Gasteiger partial charge in [-0.25, -0.2) is 4.57 Å². The highest BCUT2D eigenvalue weighted by molar-refractivity contribution is 7.47. The van der Waals surface area contributed by atoms with Gasteiger partial charge in [-0.3, -0.25) is 23.4 Å². The van der Waals surface area contributed by atoms with E-state index in [9.17, 15) is 28.9 Å². The lowest BCUT2D eigenvalue weighted by Crippen LogP contribution is -2.30. The van der Waals surface area contributed by atoms with E-state index in [4.69, 9.17) is 23.3 Å². The molecule has 0 aliphatic rings. The van der Waals surface area contributed by atoms with Crippen LogP contribution in [0, 0.1) is 0 Å². The average molecular weight is 1080 g/mol. The van der Waals surface area contributed by atoms with E-state index in [1.54, 1.807) is 0 Å². The molecule has 0 aromatic heterocycles. The molecule has 0 amide bonds. The Hall–Kier alpha value is -3.86. The number of hydrogen-bond donors (Lipinski definition) is 2. The van der Waals surface area contributed by atoms with Crippen molar-refractivity contribution in [3.8, 4) is 0 Å². The summed E-state index contributed by atoms with van der Waals surface area (Å²) in [6.45, 7) is 4.39. The van der Waals surface area contributed by atoms with Crippen molar-refractivity contribution in [2.75, 3.05) is 26.4 Å². The zero-order valence-electron chi connectivity index (χ0n) is 47.9. The molecule has 0 aliphatic heterocycles. The third-order valence-electron chi connectivity index (χ3n) is 12.2. The number of rotatable bonds is 54. The molecule has 2 N–H and O–H groups in total. The summed E-state index contributed by atoms with van der Waals surface area (Å²) < 4.78 is 39.5. The van der Waals surface area contributed by atoms with Crippen LogP contribution in [0.3, 0.4) is 0 Å². The topological polar surface area (TPSA) is 155 Å². The van der Waals surface area contributed by atoms with Gasteiger partial charge in [-0.2, -0.15) is 0 Å². The van der Waals surface area contributed by atoms with Crippen molar-refractivity contribution in [1.82, 2.24) is 0 Å². The van der Waals surface area contributed by atoms with Crippen molar-refractivity contribution in [1.29, 1.82) is 0 Å². The highest BCUT2D eigenvalue weighted by Gasteiger charge is 2.28. The first kappa shape index (κ1) is 72.1. The second kappa shape index (κ2) is 57.3. The minimum atomic E-state index is -4.78. The lowest BCUT2D eigenvalue weighted by molar-refractivity contribution is -0.161. The van der Waals surface area contributed by atoms with Crippen molar-refractivity contribution in [2.24, 2.45) is 0 Å². The summed E-state index contributed by atoms with van der Waals surface area (Å²) in [7, 11) is -4.78. The third-order valence-corrected chi connectivity index (χ3v) is 13.1. The Bertz CT molecular complexity index is 1690. The fourth-order valence-corrected chi connectivity index (χ4v) is 8.43. The van der Waals surface area contributed by atoms with Crippen LogP contribution in [0.5, 0.6) is 0 Å². The Balaban J connectivity index is 4.82. The van der Waals surface area contributed by atoms with Gasteiger partial charge in [0.2, 0.25) is 0 Å². The van der Waals surface area contributed by atoms with Gasteiger partial charge in [0.05, 0.1) is 19.8 Å². The molecular weight excluding hydrogens is 976 g/mol. The molecule has 0 aromatic carbocycles. The van der Waals surface area contributed by atoms with Crippen molar-refractivity contribution in [3.63, 3.8) is 0 Å². The molecule has 76 heavy (non-hydrogen) atoms. The van der Waals surface area contributed by atoms with E-state index in [0.717, 1.165) is 109 Å². The summed E-state index contributed by atoms with van der Waals surface area (Å²) >= 11 is 0. The lowest BCUT2D eigenvalue weighted by atomic mass is 10.1. The number of hydrogen-bond acceptors (Lipinski definition) is 10. The number of carbonyl (C=O) groups excluding carboxylic acids is 3. The quantitative estimate of drug-likeness (QED) is 0.0197. The summed E-state index contributed by atoms with van der Waals surface area (Å²) in [5, 5.41) is 9.83. The first-order valence-corrected chi connectivity index (χ1v) is 31.3. The minimum Gasteiger partial charge on any atom is -0.462 e. The van der Waals surface area contributed by atoms with Gasteiger partial charge < -0.3 is 24.2 Å². The molecule has 0 radical (unpaired) electrons.